The lowest BCUT2D eigenvalue weighted by atomic mass is 10.1. The van der Waals surface area contributed by atoms with Crippen molar-refractivity contribution in [3.8, 4) is 0 Å². The van der Waals surface area contributed by atoms with E-state index in [1.807, 2.05) is 19.9 Å². The summed E-state index contributed by atoms with van der Waals surface area (Å²) < 4.78 is 25.9. The maximum atomic E-state index is 13.2. The van der Waals surface area contributed by atoms with Crippen molar-refractivity contribution in [1.82, 2.24) is 10.2 Å². The molecule has 0 bridgehead atoms. The molecule has 0 spiro atoms. The van der Waals surface area contributed by atoms with Gasteiger partial charge in [-0.3, -0.25) is 13.9 Å². The van der Waals surface area contributed by atoms with Gasteiger partial charge in [-0.1, -0.05) is 35.3 Å². The topological polar surface area (TPSA) is 86.8 Å². The largest absolute Gasteiger partial charge is 0.352 e. The summed E-state index contributed by atoms with van der Waals surface area (Å²) in [5.41, 5.74) is 1.27. The highest BCUT2D eigenvalue weighted by molar-refractivity contribution is 7.92. The zero-order chi connectivity index (χ0) is 25.5. The van der Waals surface area contributed by atoms with Crippen molar-refractivity contribution >= 4 is 50.7 Å². The van der Waals surface area contributed by atoms with E-state index in [1.165, 1.54) is 9.21 Å². The van der Waals surface area contributed by atoms with E-state index in [9.17, 15) is 18.0 Å². The average molecular weight is 529 g/mol. The Morgan fingerprint density at radius 2 is 1.65 bits per heavy atom. The number of hydrogen-bond donors (Lipinski definition) is 1. The first-order valence-corrected chi connectivity index (χ1v) is 13.6. The first-order chi connectivity index (χ1) is 15.9. The van der Waals surface area contributed by atoms with Crippen LogP contribution in [0.4, 0.5) is 5.69 Å². The third kappa shape index (κ3) is 8.49. The summed E-state index contributed by atoms with van der Waals surface area (Å²) in [6.45, 7) is 5.70. The lowest BCUT2D eigenvalue weighted by Crippen LogP contribution is -2.49. The molecule has 34 heavy (non-hydrogen) atoms. The number of rotatable bonds is 11. The molecule has 0 aliphatic heterocycles. The van der Waals surface area contributed by atoms with Crippen LogP contribution in [0.15, 0.2) is 48.5 Å². The van der Waals surface area contributed by atoms with Crippen LogP contribution in [0.25, 0.3) is 0 Å². The lowest BCUT2D eigenvalue weighted by Gasteiger charge is -2.30. The van der Waals surface area contributed by atoms with Crippen molar-refractivity contribution in [3.05, 3.63) is 64.1 Å². The van der Waals surface area contributed by atoms with Gasteiger partial charge in [0.1, 0.15) is 6.04 Å². The van der Waals surface area contributed by atoms with Crippen LogP contribution in [0.5, 0.6) is 0 Å². The van der Waals surface area contributed by atoms with Gasteiger partial charge in [-0.05, 0) is 69.2 Å². The van der Waals surface area contributed by atoms with Crippen LogP contribution in [-0.4, -0.2) is 50.0 Å². The molecule has 0 saturated carbocycles. The molecule has 2 amide bonds. The number of nitrogens with one attached hydrogen (secondary N) is 1. The van der Waals surface area contributed by atoms with E-state index < -0.39 is 16.1 Å². The molecule has 186 valence electrons. The van der Waals surface area contributed by atoms with Gasteiger partial charge in [-0.2, -0.15) is 0 Å². The summed E-state index contributed by atoms with van der Waals surface area (Å²) >= 11 is 12.0. The van der Waals surface area contributed by atoms with E-state index in [2.05, 4.69) is 5.32 Å². The number of anilines is 1. The van der Waals surface area contributed by atoms with Gasteiger partial charge >= 0.3 is 0 Å². The fourth-order valence-electron chi connectivity index (χ4n) is 3.43. The van der Waals surface area contributed by atoms with Gasteiger partial charge in [0.2, 0.25) is 21.8 Å². The number of hydrogen-bond acceptors (Lipinski definition) is 4. The van der Waals surface area contributed by atoms with E-state index in [-0.39, 0.29) is 43.8 Å². The third-order valence-corrected chi connectivity index (χ3v) is 6.79. The Morgan fingerprint density at radius 1 is 1.00 bits per heavy atom. The molecular formula is C24H31Cl2N3O4S. The predicted octanol–water partition coefficient (Wildman–Crippen LogP) is 4.48. The monoisotopic (exact) mass is 527 g/mol. The van der Waals surface area contributed by atoms with Crippen molar-refractivity contribution < 1.29 is 18.0 Å². The number of nitrogens with zero attached hydrogens (tertiary/aromatic N) is 2. The minimum Gasteiger partial charge on any atom is -0.352 e. The summed E-state index contributed by atoms with van der Waals surface area (Å²) in [6.07, 6.45) is 1.46. The second kappa shape index (κ2) is 12.4. The minimum atomic E-state index is -3.56. The number of sulfonamides is 1. The van der Waals surface area contributed by atoms with Gasteiger partial charge < -0.3 is 10.2 Å². The Kier molecular flexibility index (Phi) is 10.2. The molecule has 7 nitrogen and oxygen atoms in total. The number of amides is 2. The Labute approximate surface area is 212 Å². The molecule has 2 rings (SSSR count). The second-order valence-electron chi connectivity index (χ2n) is 8.41. The lowest BCUT2D eigenvalue weighted by molar-refractivity contribution is -0.140. The third-order valence-electron chi connectivity index (χ3n) is 5.11. The van der Waals surface area contributed by atoms with Crippen molar-refractivity contribution in [3.63, 3.8) is 0 Å². The fourth-order valence-corrected chi connectivity index (χ4v) is 4.74. The average Bonchev–Trinajstić information content (AvgIpc) is 2.74. The summed E-state index contributed by atoms with van der Waals surface area (Å²) in [5.74, 6) is -0.514. The minimum absolute atomic E-state index is 0.0687. The molecule has 1 unspecified atom stereocenters. The van der Waals surface area contributed by atoms with Crippen molar-refractivity contribution in [2.75, 3.05) is 17.1 Å². The highest BCUT2D eigenvalue weighted by Crippen LogP contribution is 2.22. The van der Waals surface area contributed by atoms with E-state index in [0.29, 0.717) is 15.7 Å². The molecule has 0 aliphatic carbocycles. The Morgan fingerprint density at radius 3 is 2.21 bits per heavy atom. The van der Waals surface area contributed by atoms with Gasteiger partial charge in [0.15, 0.2) is 0 Å². The Hall–Kier alpha value is -2.29. The van der Waals surface area contributed by atoms with Crippen LogP contribution in [0.3, 0.4) is 0 Å². The Balaban J connectivity index is 2.16. The molecule has 0 fully saturated rings. The summed E-state index contributed by atoms with van der Waals surface area (Å²) in [5, 5.41) is 3.87. The molecule has 0 saturated heterocycles. The molecule has 10 heteroatoms. The normalized spacial score (nSPS) is 12.3. The van der Waals surface area contributed by atoms with Gasteiger partial charge in [-0.25, -0.2) is 8.42 Å². The van der Waals surface area contributed by atoms with Gasteiger partial charge in [0, 0.05) is 35.6 Å². The highest BCUT2D eigenvalue weighted by atomic mass is 35.5. The van der Waals surface area contributed by atoms with Crippen molar-refractivity contribution in [1.29, 1.82) is 0 Å². The predicted molar refractivity (Wildman–Crippen MR) is 138 cm³/mol. The van der Waals surface area contributed by atoms with Gasteiger partial charge in [0.05, 0.1) is 11.9 Å². The maximum Gasteiger partial charge on any atom is 0.242 e. The SMILES string of the molecule is CC(C)NC(=O)C(C)N(Cc1cccc(Cl)c1)C(=O)CCCN(c1ccc(Cl)cc1)S(C)(=O)=O. The second-order valence-corrected chi connectivity index (χ2v) is 11.2. The van der Waals surface area contributed by atoms with E-state index in [4.69, 9.17) is 23.2 Å². The molecule has 0 aromatic heterocycles. The molecule has 0 aliphatic rings. The van der Waals surface area contributed by atoms with Crippen molar-refractivity contribution in [2.24, 2.45) is 0 Å². The van der Waals surface area contributed by atoms with Gasteiger partial charge in [-0.15, -0.1) is 0 Å². The fraction of sp³-hybridized carbons (Fsp3) is 0.417. The molecule has 2 aromatic rings. The molecule has 2 aromatic carbocycles. The van der Waals surface area contributed by atoms with E-state index >= 15 is 0 Å². The Bertz CT molecular complexity index is 1090. The molecule has 1 N–H and O–H groups in total. The number of benzene rings is 2. The summed E-state index contributed by atoms with van der Waals surface area (Å²) in [4.78, 5) is 27.4. The first-order valence-electron chi connectivity index (χ1n) is 11.0. The zero-order valence-electron chi connectivity index (χ0n) is 19.8. The molecule has 0 radical (unpaired) electrons. The smallest absolute Gasteiger partial charge is 0.242 e. The van der Waals surface area contributed by atoms with Crippen LogP contribution in [0, 0.1) is 0 Å². The highest BCUT2D eigenvalue weighted by Gasteiger charge is 2.27. The van der Waals surface area contributed by atoms with Crippen molar-refractivity contribution in [2.45, 2.75) is 52.2 Å². The number of carbonyl (C=O) groups excluding carboxylic acids is 2. The first kappa shape index (κ1) is 28.0. The van der Waals surface area contributed by atoms with E-state index in [0.717, 1.165) is 11.8 Å². The van der Waals surface area contributed by atoms with Gasteiger partial charge in [0.25, 0.3) is 0 Å². The maximum absolute atomic E-state index is 13.2. The van der Waals surface area contributed by atoms with Crippen LogP contribution in [0.2, 0.25) is 10.0 Å². The van der Waals surface area contributed by atoms with E-state index in [1.54, 1.807) is 49.4 Å². The van der Waals surface area contributed by atoms with Crippen LogP contribution < -0.4 is 9.62 Å². The van der Waals surface area contributed by atoms with Crippen LogP contribution in [-0.2, 0) is 26.2 Å². The number of halogens is 2. The van der Waals surface area contributed by atoms with Crippen LogP contribution >= 0.6 is 23.2 Å². The molecule has 0 heterocycles. The number of carbonyl (C=O) groups is 2. The summed E-state index contributed by atoms with van der Waals surface area (Å²) in [7, 11) is -3.56. The molecular weight excluding hydrogens is 497 g/mol. The molecule has 1 atom stereocenters. The zero-order valence-corrected chi connectivity index (χ0v) is 22.1. The summed E-state index contributed by atoms with van der Waals surface area (Å²) in [6, 6.07) is 12.8. The quantitative estimate of drug-likeness (QED) is 0.466. The van der Waals surface area contributed by atoms with Crippen LogP contribution in [0.1, 0.15) is 39.2 Å². The standard InChI is InChI=1S/C24H31Cl2N3O4S/c1-17(2)27-24(31)18(3)28(16-19-7-5-8-21(26)15-19)23(30)9-6-14-29(34(4,32)33)22-12-10-20(25)11-13-22/h5,7-8,10-13,15,17-18H,6,9,14,16H2,1-4H3,(H,27,31).